The maximum atomic E-state index is 12.5. The summed E-state index contributed by atoms with van der Waals surface area (Å²) < 4.78 is 42.1. The van der Waals surface area contributed by atoms with Crippen molar-refractivity contribution in [1.29, 1.82) is 0 Å². The SMILES string of the molecule is O=C1CNc2c(cccc2C(F)(F)F)O1. The summed E-state index contributed by atoms with van der Waals surface area (Å²) in [5.74, 6) is -0.678. The van der Waals surface area contributed by atoms with E-state index in [1.54, 1.807) is 0 Å². The average Bonchev–Trinajstić information content (AvgIpc) is 2.15. The Morgan fingerprint density at radius 1 is 1.33 bits per heavy atom. The maximum Gasteiger partial charge on any atom is 0.418 e. The fourth-order valence-corrected chi connectivity index (χ4v) is 1.35. The Labute approximate surface area is 82.8 Å². The van der Waals surface area contributed by atoms with E-state index >= 15 is 0 Å². The van der Waals surface area contributed by atoms with Crippen LogP contribution in [0.4, 0.5) is 18.9 Å². The summed E-state index contributed by atoms with van der Waals surface area (Å²) in [6.45, 7) is -0.250. The molecule has 1 aromatic carbocycles. The van der Waals surface area contributed by atoms with Crippen molar-refractivity contribution in [3.63, 3.8) is 0 Å². The number of para-hydroxylation sites is 1. The van der Waals surface area contributed by atoms with E-state index in [2.05, 4.69) is 10.1 Å². The second-order valence-electron chi connectivity index (χ2n) is 3.00. The van der Waals surface area contributed by atoms with Crippen molar-refractivity contribution in [3.8, 4) is 5.75 Å². The third-order valence-corrected chi connectivity index (χ3v) is 1.96. The van der Waals surface area contributed by atoms with Crippen molar-refractivity contribution in [2.75, 3.05) is 11.9 Å². The summed E-state index contributed by atoms with van der Waals surface area (Å²) in [6.07, 6.45) is -4.46. The van der Waals surface area contributed by atoms with Gasteiger partial charge >= 0.3 is 12.1 Å². The van der Waals surface area contributed by atoms with E-state index in [4.69, 9.17) is 0 Å². The van der Waals surface area contributed by atoms with Crippen LogP contribution in [0, 0.1) is 0 Å². The minimum Gasteiger partial charge on any atom is -0.423 e. The topological polar surface area (TPSA) is 38.3 Å². The van der Waals surface area contributed by atoms with Crippen LogP contribution in [-0.2, 0) is 11.0 Å². The predicted octanol–water partition coefficient (Wildman–Crippen LogP) is 2.04. The molecule has 0 bridgehead atoms. The first-order chi connectivity index (χ1) is 6.98. The fourth-order valence-electron chi connectivity index (χ4n) is 1.35. The van der Waals surface area contributed by atoms with Crippen molar-refractivity contribution in [1.82, 2.24) is 0 Å². The molecule has 0 saturated carbocycles. The minimum absolute atomic E-state index is 0.0823. The lowest BCUT2D eigenvalue weighted by molar-refractivity contribution is -0.138. The molecule has 0 amide bonds. The van der Waals surface area contributed by atoms with E-state index in [1.807, 2.05) is 0 Å². The van der Waals surface area contributed by atoms with Crippen LogP contribution in [0.2, 0.25) is 0 Å². The quantitative estimate of drug-likeness (QED) is 0.533. The molecule has 0 aromatic heterocycles. The molecular weight excluding hydrogens is 211 g/mol. The number of benzene rings is 1. The molecule has 0 fully saturated rings. The number of fused-ring (bicyclic) bond motifs is 1. The molecule has 6 heteroatoms. The minimum atomic E-state index is -4.46. The second kappa shape index (κ2) is 3.15. The van der Waals surface area contributed by atoms with Crippen molar-refractivity contribution in [2.24, 2.45) is 0 Å². The number of hydrogen-bond acceptors (Lipinski definition) is 3. The van der Waals surface area contributed by atoms with Gasteiger partial charge in [0.05, 0.1) is 11.3 Å². The van der Waals surface area contributed by atoms with E-state index in [-0.39, 0.29) is 18.0 Å². The Hall–Kier alpha value is -1.72. The van der Waals surface area contributed by atoms with Crippen LogP contribution in [0.3, 0.4) is 0 Å². The molecule has 1 aromatic rings. The fraction of sp³-hybridized carbons (Fsp3) is 0.222. The molecule has 1 N–H and O–H groups in total. The first kappa shape index (κ1) is 9.82. The van der Waals surface area contributed by atoms with Gasteiger partial charge in [-0.05, 0) is 12.1 Å². The van der Waals surface area contributed by atoms with Gasteiger partial charge in [-0.1, -0.05) is 6.07 Å². The Kier molecular flexibility index (Phi) is 2.06. The van der Waals surface area contributed by atoms with Crippen LogP contribution >= 0.6 is 0 Å². The van der Waals surface area contributed by atoms with Crippen LogP contribution in [0.25, 0.3) is 0 Å². The lowest BCUT2D eigenvalue weighted by Crippen LogP contribution is -2.27. The highest BCUT2D eigenvalue weighted by Crippen LogP contribution is 2.40. The monoisotopic (exact) mass is 217 g/mol. The molecule has 0 atom stereocenters. The van der Waals surface area contributed by atoms with Crippen molar-refractivity contribution in [2.45, 2.75) is 6.18 Å². The van der Waals surface area contributed by atoms with Gasteiger partial charge < -0.3 is 10.1 Å². The molecule has 0 radical (unpaired) electrons. The standard InChI is InChI=1S/C9H6F3NO2/c10-9(11,12)5-2-1-3-6-8(5)13-4-7(14)15-6/h1-3,13H,4H2. The highest BCUT2D eigenvalue weighted by atomic mass is 19.4. The molecule has 80 valence electrons. The summed E-state index contributed by atoms with van der Waals surface area (Å²) in [4.78, 5) is 10.8. The van der Waals surface area contributed by atoms with Crippen molar-refractivity contribution in [3.05, 3.63) is 23.8 Å². The number of ether oxygens (including phenoxy) is 1. The Balaban J connectivity index is 2.51. The zero-order chi connectivity index (χ0) is 11.1. The van der Waals surface area contributed by atoms with Crippen LogP contribution in [0.15, 0.2) is 18.2 Å². The number of alkyl halides is 3. The lowest BCUT2D eigenvalue weighted by atomic mass is 10.1. The average molecular weight is 217 g/mol. The summed E-state index contributed by atoms with van der Waals surface area (Å²) in [5, 5.41) is 2.39. The molecular formula is C9H6F3NO2. The summed E-state index contributed by atoms with van der Waals surface area (Å²) in [7, 11) is 0. The van der Waals surface area contributed by atoms with E-state index in [0.717, 1.165) is 6.07 Å². The molecule has 0 spiro atoms. The molecule has 1 heterocycles. The normalized spacial score (nSPS) is 15.3. The molecule has 1 aliphatic heterocycles. The molecule has 1 aliphatic rings. The van der Waals surface area contributed by atoms with Gasteiger partial charge in [0.1, 0.15) is 6.54 Å². The highest BCUT2D eigenvalue weighted by molar-refractivity contribution is 5.84. The lowest BCUT2D eigenvalue weighted by Gasteiger charge is -2.21. The second-order valence-corrected chi connectivity index (χ2v) is 3.00. The van der Waals surface area contributed by atoms with Gasteiger partial charge in [-0.2, -0.15) is 13.2 Å². The van der Waals surface area contributed by atoms with E-state index in [1.165, 1.54) is 12.1 Å². The first-order valence-corrected chi connectivity index (χ1v) is 4.13. The molecule has 0 aliphatic carbocycles. The third-order valence-electron chi connectivity index (χ3n) is 1.96. The van der Waals surface area contributed by atoms with Gasteiger partial charge in [0.2, 0.25) is 0 Å². The van der Waals surface area contributed by atoms with Gasteiger partial charge in [-0.25, -0.2) is 4.79 Å². The Morgan fingerprint density at radius 2 is 2.07 bits per heavy atom. The Morgan fingerprint density at radius 3 is 2.73 bits per heavy atom. The van der Waals surface area contributed by atoms with Gasteiger partial charge in [-0.3, -0.25) is 0 Å². The zero-order valence-corrected chi connectivity index (χ0v) is 7.39. The van der Waals surface area contributed by atoms with E-state index in [0.29, 0.717) is 0 Å². The van der Waals surface area contributed by atoms with Gasteiger partial charge in [-0.15, -0.1) is 0 Å². The molecule has 0 saturated heterocycles. The van der Waals surface area contributed by atoms with Crippen LogP contribution in [0.5, 0.6) is 5.75 Å². The third kappa shape index (κ3) is 1.74. The number of nitrogens with one attached hydrogen (secondary N) is 1. The highest BCUT2D eigenvalue weighted by Gasteiger charge is 2.36. The number of carbonyl (C=O) groups is 1. The number of halogens is 3. The summed E-state index contributed by atoms with van der Waals surface area (Å²) >= 11 is 0. The Bertz CT molecular complexity index is 414. The zero-order valence-electron chi connectivity index (χ0n) is 7.39. The molecule has 15 heavy (non-hydrogen) atoms. The molecule has 3 nitrogen and oxygen atoms in total. The number of esters is 1. The summed E-state index contributed by atoms with van der Waals surface area (Å²) in [5.41, 5.74) is -1.00. The maximum absolute atomic E-state index is 12.5. The smallest absolute Gasteiger partial charge is 0.418 e. The first-order valence-electron chi connectivity index (χ1n) is 4.13. The van der Waals surface area contributed by atoms with Crippen LogP contribution in [-0.4, -0.2) is 12.5 Å². The number of anilines is 1. The van der Waals surface area contributed by atoms with E-state index in [9.17, 15) is 18.0 Å². The number of carbonyl (C=O) groups excluding carboxylic acids is 1. The number of hydrogen-bond donors (Lipinski definition) is 1. The molecule has 0 unspecified atom stereocenters. The largest absolute Gasteiger partial charge is 0.423 e. The molecule has 2 rings (SSSR count). The van der Waals surface area contributed by atoms with Crippen molar-refractivity contribution < 1.29 is 22.7 Å². The number of rotatable bonds is 0. The van der Waals surface area contributed by atoms with Gasteiger partial charge in [0, 0.05) is 0 Å². The van der Waals surface area contributed by atoms with E-state index < -0.39 is 17.7 Å². The van der Waals surface area contributed by atoms with Gasteiger partial charge in [0.15, 0.2) is 5.75 Å². The van der Waals surface area contributed by atoms with Crippen molar-refractivity contribution >= 4 is 11.7 Å². The van der Waals surface area contributed by atoms with Gasteiger partial charge in [0.25, 0.3) is 0 Å². The summed E-state index contributed by atoms with van der Waals surface area (Å²) in [6, 6.07) is 3.45. The van der Waals surface area contributed by atoms with Crippen LogP contribution in [0.1, 0.15) is 5.56 Å². The van der Waals surface area contributed by atoms with Crippen LogP contribution < -0.4 is 10.1 Å². The predicted molar refractivity (Wildman–Crippen MR) is 45.6 cm³/mol.